The third kappa shape index (κ3) is 5.22. The lowest BCUT2D eigenvalue weighted by Gasteiger charge is -2.22. The summed E-state index contributed by atoms with van der Waals surface area (Å²) in [7, 11) is 1.73. The van der Waals surface area contributed by atoms with Gasteiger partial charge in [-0.2, -0.15) is 0 Å². The number of ether oxygens (including phenoxy) is 1. The number of rotatable bonds is 6. The van der Waals surface area contributed by atoms with Gasteiger partial charge in [-0.25, -0.2) is 0 Å². The quantitative estimate of drug-likeness (QED) is 0.870. The number of nitrogens with zero attached hydrogens (tertiary/aromatic N) is 2. The van der Waals surface area contributed by atoms with Gasteiger partial charge in [0.15, 0.2) is 0 Å². The zero-order valence-corrected chi connectivity index (χ0v) is 14.6. The van der Waals surface area contributed by atoms with E-state index in [9.17, 15) is 4.79 Å². The number of para-hydroxylation sites is 1. The van der Waals surface area contributed by atoms with Crippen LogP contribution in [0, 0.1) is 13.8 Å². The van der Waals surface area contributed by atoms with Crippen LogP contribution in [0.3, 0.4) is 0 Å². The molecule has 5 nitrogen and oxygen atoms in total. The van der Waals surface area contributed by atoms with Crippen LogP contribution in [-0.2, 0) is 9.53 Å². The van der Waals surface area contributed by atoms with Crippen molar-refractivity contribution >= 4 is 11.6 Å². The fourth-order valence-electron chi connectivity index (χ4n) is 3.03. The molecule has 0 spiro atoms. The van der Waals surface area contributed by atoms with Crippen LogP contribution in [0.5, 0.6) is 0 Å². The Labute approximate surface area is 139 Å². The first kappa shape index (κ1) is 17.8. The smallest absolute Gasteiger partial charge is 0.241 e. The predicted molar refractivity (Wildman–Crippen MR) is 93.9 cm³/mol. The van der Waals surface area contributed by atoms with E-state index < -0.39 is 0 Å². The molecule has 2 rings (SSSR count). The van der Waals surface area contributed by atoms with Crippen molar-refractivity contribution in [1.82, 2.24) is 9.80 Å². The highest BCUT2D eigenvalue weighted by Crippen LogP contribution is 2.19. The van der Waals surface area contributed by atoms with E-state index in [-0.39, 0.29) is 5.91 Å². The zero-order valence-electron chi connectivity index (χ0n) is 14.6. The van der Waals surface area contributed by atoms with E-state index in [0.717, 1.165) is 51.4 Å². The molecule has 0 atom stereocenters. The van der Waals surface area contributed by atoms with Crippen LogP contribution in [0.2, 0.25) is 0 Å². The van der Waals surface area contributed by atoms with E-state index in [1.165, 1.54) is 11.1 Å². The standard InChI is InChI=1S/C18H29N3O2/c1-15-6-4-7-16(2)18(15)19-14-17(22)21-9-5-8-20(10-11-21)12-13-23-3/h4,6-7,19H,5,8-14H2,1-3H3. The molecule has 1 fully saturated rings. The van der Waals surface area contributed by atoms with Gasteiger partial charge in [-0.15, -0.1) is 0 Å². The van der Waals surface area contributed by atoms with Gasteiger partial charge in [-0.1, -0.05) is 18.2 Å². The maximum Gasteiger partial charge on any atom is 0.241 e. The highest BCUT2D eigenvalue weighted by molar-refractivity contribution is 5.81. The number of hydrogen-bond acceptors (Lipinski definition) is 4. The topological polar surface area (TPSA) is 44.8 Å². The molecule has 1 heterocycles. The van der Waals surface area contributed by atoms with Gasteiger partial charge < -0.3 is 15.0 Å². The number of carbonyl (C=O) groups excluding carboxylic acids is 1. The van der Waals surface area contributed by atoms with Gasteiger partial charge in [-0.05, 0) is 37.9 Å². The highest BCUT2D eigenvalue weighted by Gasteiger charge is 2.18. The summed E-state index contributed by atoms with van der Waals surface area (Å²) in [6, 6.07) is 6.18. The van der Waals surface area contributed by atoms with Crippen molar-refractivity contribution in [3.8, 4) is 0 Å². The first-order chi connectivity index (χ1) is 11.1. The van der Waals surface area contributed by atoms with E-state index in [1.54, 1.807) is 7.11 Å². The average Bonchev–Trinajstić information content (AvgIpc) is 2.78. The minimum Gasteiger partial charge on any atom is -0.383 e. The van der Waals surface area contributed by atoms with E-state index in [4.69, 9.17) is 4.74 Å². The number of carbonyl (C=O) groups is 1. The number of nitrogens with one attached hydrogen (secondary N) is 1. The fraction of sp³-hybridized carbons (Fsp3) is 0.611. The molecule has 5 heteroatoms. The van der Waals surface area contributed by atoms with Crippen LogP contribution < -0.4 is 5.32 Å². The molecule has 1 N–H and O–H groups in total. The van der Waals surface area contributed by atoms with E-state index in [2.05, 4.69) is 36.2 Å². The summed E-state index contributed by atoms with van der Waals surface area (Å²) in [6.45, 7) is 9.81. The van der Waals surface area contributed by atoms with Gasteiger partial charge in [0.05, 0.1) is 13.2 Å². The second-order valence-corrected chi connectivity index (χ2v) is 6.19. The number of amides is 1. The minimum atomic E-state index is 0.182. The van der Waals surface area contributed by atoms with Crippen LogP contribution in [-0.4, -0.2) is 68.7 Å². The Morgan fingerprint density at radius 1 is 1.17 bits per heavy atom. The van der Waals surface area contributed by atoms with Gasteiger partial charge in [0.2, 0.25) is 5.91 Å². The van der Waals surface area contributed by atoms with Gasteiger partial charge in [0.25, 0.3) is 0 Å². The molecule has 0 saturated carbocycles. The zero-order chi connectivity index (χ0) is 16.7. The van der Waals surface area contributed by atoms with Gasteiger partial charge in [0.1, 0.15) is 0 Å². The van der Waals surface area contributed by atoms with Crippen molar-refractivity contribution in [1.29, 1.82) is 0 Å². The van der Waals surface area contributed by atoms with Gasteiger partial charge in [0, 0.05) is 39.0 Å². The third-order valence-corrected chi connectivity index (χ3v) is 4.45. The molecule has 23 heavy (non-hydrogen) atoms. The number of anilines is 1. The molecule has 0 bridgehead atoms. The van der Waals surface area contributed by atoms with E-state index >= 15 is 0 Å². The largest absolute Gasteiger partial charge is 0.383 e. The lowest BCUT2D eigenvalue weighted by atomic mass is 10.1. The van der Waals surface area contributed by atoms with Crippen LogP contribution in [0.4, 0.5) is 5.69 Å². The number of methoxy groups -OCH3 is 1. The lowest BCUT2D eigenvalue weighted by Crippen LogP contribution is -2.39. The second kappa shape index (κ2) is 8.89. The SMILES string of the molecule is COCCN1CCCN(C(=O)CNc2c(C)cccc2C)CC1. The molecule has 1 amide bonds. The molecule has 0 radical (unpaired) electrons. The number of benzene rings is 1. The Bertz CT molecular complexity index is 499. The van der Waals surface area contributed by atoms with Crippen molar-refractivity contribution in [2.45, 2.75) is 20.3 Å². The molecule has 1 aliphatic rings. The van der Waals surface area contributed by atoms with Crippen molar-refractivity contribution < 1.29 is 9.53 Å². The minimum absolute atomic E-state index is 0.182. The Kier molecular flexibility index (Phi) is 6.86. The number of hydrogen-bond donors (Lipinski definition) is 1. The normalized spacial score (nSPS) is 16.2. The van der Waals surface area contributed by atoms with Crippen LogP contribution in [0.1, 0.15) is 17.5 Å². The first-order valence-electron chi connectivity index (χ1n) is 8.41. The van der Waals surface area contributed by atoms with Crippen molar-refractivity contribution in [3.63, 3.8) is 0 Å². The Balaban J connectivity index is 1.84. The molecule has 128 valence electrons. The molecule has 1 saturated heterocycles. The van der Waals surface area contributed by atoms with Crippen LogP contribution >= 0.6 is 0 Å². The Morgan fingerprint density at radius 2 is 1.91 bits per heavy atom. The third-order valence-electron chi connectivity index (χ3n) is 4.45. The summed E-state index contributed by atoms with van der Waals surface area (Å²) in [5, 5.41) is 3.32. The maximum atomic E-state index is 12.5. The molecular formula is C18H29N3O2. The summed E-state index contributed by atoms with van der Waals surface area (Å²) in [6.07, 6.45) is 1.03. The summed E-state index contributed by atoms with van der Waals surface area (Å²) in [5.41, 5.74) is 3.44. The summed E-state index contributed by atoms with van der Waals surface area (Å²) in [5.74, 6) is 0.182. The number of aryl methyl sites for hydroxylation is 2. The molecule has 1 aliphatic heterocycles. The highest BCUT2D eigenvalue weighted by atomic mass is 16.5. The van der Waals surface area contributed by atoms with Crippen molar-refractivity contribution in [3.05, 3.63) is 29.3 Å². The predicted octanol–water partition coefficient (Wildman–Crippen LogP) is 1.90. The molecule has 0 unspecified atom stereocenters. The molecule has 1 aromatic rings. The van der Waals surface area contributed by atoms with Crippen LogP contribution in [0.15, 0.2) is 18.2 Å². The molecular weight excluding hydrogens is 290 g/mol. The first-order valence-corrected chi connectivity index (χ1v) is 8.41. The van der Waals surface area contributed by atoms with Crippen LogP contribution in [0.25, 0.3) is 0 Å². The van der Waals surface area contributed by atoms with Gasteiger partial charge in [-0.3, -0.25) is 9.69 Å². The Morgan fingerprint density at radius 3 is 2.61 bits per heavy atom. The van der Waals surface area contributed by atoms with Crippen molar-refractivity contribution in [2.24, 2.45) is 0 Å². The molecule has 0 aromatic heterocycles. The average molecular weight is 319 g/mol. The fourth-order valence-corrected chi connectivity index (χ4v) is 3.03. The summed E-state index contributed by atoms with van der Waals surface area (Å²) >= 11 is 0. The Hall–Kier alpha value is -1.59. The van der Waals surface area contributed by atoms with Gasteiger partial charge >= 0.3 is 0 Å². The molecule has 0 aliphatic carbocycles. The van der Waals surface area contributed by atoms with E-state index in [0.29, 0.717) is 6.54 Å². The van der Waals surface area contributed by atoms with Crippen molar-refractivity contribution in [2.75, 3.05) is 58.3 Å². The van der Waals surface area contributed by atoms with E-state index in [1.807, 2.05) is 11.0 Å². The maximum absolute atomic E-state index is 12.5. The molecule has 1 aromatic carbocycles. The second-order valence-electron chi connectivity index (χ2n) is 6.19. The summed E-state index contributed by atoms with van der Waals surface area (Å²) < 4.78 is 5.14. The lowest BCUT2D eigenvalue weighted by molar-refractivity contribution is -0.129. The summed E-state index contributed by atoms with van der Waals surface area (Å²) in [4.78, 5) is 16.8. The monoisotopic (exact) mass is 319 g/mol.